The Kier molecular flexibility index (Phi) is 4.63. The molecule has 2 rings (SSSR count). The number of carbonyl (C=O) groups is 1. The van der Waals surface area contributed by atoms with Crippen molar-refractivity contribution in [2.45, 2.75) is 6.42 Å². The van der Waals surface area contributed by atoms with Crippen LogP contribution in [0.4, 0.5) is 4.39 Å². The molecular weight excluding hydrogens is 302 g/mol. The molecule has 20 heavy (non-hydrogen) atoms. The SMILES string of the molecule is COc1ccc(C(=O)Cc2ccc(Cl)c(Cl)c2)cc1F. The van der Waals surface area contributed by atoms with E-state index < -0.39 is 5.82 Å². The minimum Gasteiger partial charge on any atom is -0.494 e. The number of hydrogen-bond donors (Lipinski definition) is 0. The maximum Gasteiger partial charge on any atom is 0.167 e. The molecule has 104 valence electrons. The molecule has 0 heterocycles. The van der Waals surface area contributed by atoms with Crippen LogP contribution >= 0.6 is 23.2 Å². The van der Waals surface area contributed by atoms with Crippen molar-refractivity contribution in [3.63, 3.8) is 0 Å². The van der Waals surface area contributed by atoms with E-state index in [1.165, 1.54) is 25.3 Å². The lowest BCUT2D eigenvalue weighted by atomic mass is 10.0. The van der Waals surface area contributed by atoms with Gasteiger partial charge in [0.25, 0.3) is 0 Å². The first kappa shape index (κ1) is 14.8. The van der Waals surface area contributed by atoms with Crippen molar-refractivity contribution in [3.8, 4) is 5.75 Å². The summed E-state index contributed by atoms with van der Waals surface area (Å²) in [6.45, 7) is 0. The predicted octanol–water partition coefficient (Wildman–Crippen LogP) is 4.57. The van der Waals surface area contributed by atoms with Gasteiger partial charge in [0.05, 0.1) is 17.2 Å². The first-order valence-corrected chi connectivity index (χ1v) is 6.57. The highest BCUT2D eigenvalue weighted by Gasteiger charge is 2.11. The van der Waals surface area contributed by atoms with Crippen molar-refractivity contribution in [1.82, 2.24) is 0 Å². The van der Waals surface area contributed by atoms with Gasteiger partial charge in [-0.1, -0.05) is 29.3 Å². The minimum absolute atomic E-state index is 0.107. The van der Waals surface area contributed by atoms with Crippen molar-refractivity contribution in [2.24, 2.45) is 0 Å². The Hall–Kier alpha value is -1.58. The molecule has 0 bridgehead atoms. The van der Waals surface area contributed by atoms with E-state index in [0.29, 0.717) is 10.0 Å². The summed E-state index contributed by atoms with van der Waals surface area (Å²) in [4.78, 5) is 12.1. The van der Waals surface area contributed by atoms with Crippen molar-refractivity contribution < 1.29 is 13.9 Å². The zero-order valence-electron chi connectivity index (χ0n) is 10.6. The molecule has 0 spiro atoms. The van der Waals surface area contributed by atoms with E-state index in [4.69, 9.17) is 27.9 Å². The number of hydrogen-bond acceptors (Lipinski definition) is 2. The normalized spacial score (nSPS) is 10.4. The van der Waals surface area contributed by atoms with Crippen LogP contribution in [-0.4, -0.2) is 12.9 Å². The molecule has 2 aromatic rings. The van der Waals surface area contributed by atoms with Crippen molar-refractivity contribution in [2.75, 3.05) is 7.11 Å². The number of halogens is 3. The van der Waals surface area contributed by atoms with Crippen LogP contribution in [0.5, 0.6) is 5.75 Å². The van der Waals surface area contributed by atoms with E-state index in [0.717, 1.165) is 5.56 Å². The third-order valence-electron chi connectivity index (χ3n) is 2.82. The van der Waals surface area contributed by atoms with Gasteiger partial charge in [0.15, 0.2) is 17.3 Å². The quantitative estimate of drug-likeness (QED) is 0.773. The standard InChI is InChI=1S/C15H11Cl2FO2/c1-20-15-5-3-10(8-13(15)18)14(19)7-9-2-4-11(16)12(17)6-9/h2-6,8H,7H2,1H3. The summed E-state index contributed by atoms with van der Waals surface area (Å²) in [6.07, 6.45) is 0.128. The number of carbonyl (C=O) groups excluding carboxylic acids is 1. The van der Waals surface area contributed by atoms with Crippen molar-refractivity contribution >= 4 is 29.0 Å². The highest BCUT2D eigenvalue weighted by Crippen LogP contribution is 2.24. The second kappa shape index (κ2) is 6.25. The molecule has 0 atom stereocenters. The Morgan fingerprint density at radius 2 is 1.90 bits per heavy atom. The minimum atomic E-state index is -0.563. The van der Waals surface area contributed by atoms with Gasteiger partial charge < -0.3 is 4.74 Å². The molecule has 0 aliphatic rings. The first-order valence-electron chi connectivity index (χ1n) is 5.82. The highest BCUT2D eigenvalue weighted by atomic mass is 35.5. The highest BCUT2D eigenvalue weighted by molar-refractivity contribution is 6.42. The molecule has 0 N–H and O–H groups in total. The number of ketones is 1. The average molecular weight is 313 g/mol. The summed E-state index contributed by atoms with van der Waals surface area (Å²) >= 11 is 11.7. The van der Waals surface area contributed by atoms with Crippen LogP contribution < -0.4 is 4.74 Å². The lowest BCUT2D eigenvalue weighted by Gasteiger charge is -2.06. The van der Waals surface area contributed by atoms with Gasteiger partial charge >= 0.3 is 0 Å². The molecule has 0 radical (unpaired) electrons. The predicted molar refractivity (Wildman–Crippen MR) is 77.4 cm³/mol. The molecule has 2 aromatic carbocycles. The summed E-state index contributed by atoms with van der Waals surface area (Å²) in [5.41, 5.74) is 1.01. The van der Waals surface area contributed by atoms with E-state index in [9.17, 15) is 9.18 Å². The van der Waals surface area contributed by atoms with E-state index in [1.54, 1.807) is 18.2 Å². The zero-order valence-corrected chi connectivity index (χ0v) is 12.1. The van der Waals surface area contributed by atoms with Gasteiger partial charge in [0, 0.05) is 12.0 Å². The van der Waals surface area contributed by atoms with Crippen LogP contribution in [0.1, 0.15) is 15.9 Å². The Morgan fingerprint density at radius 1 is 1.15 bits per heavy atom. The molecule has 0 aliphatic carbocycles. The number of ether oxygens (including phenoxy) is 1. The number of Topliss-reactive ketones (excluding diaryl/α,β-unsaturated/α-hetero) is 1. The summed E-state index contributed by atoms with van der Waals surface area (Å²) in [5, 5.41) is 0.816. The Morgan fingerprint density at radius 3 is 2.50 bits per heavy atom. The van der Waals surface area contributed by atoms with E-state index >= 15 is 0 Å². The summed E-state index contributed by atoms with van der Waals surface area (Å²) in [7, 11) is 1.37. The molecule has 5 heteroatoms. The largest absolute Gasteiger partial charge is 0.494 e. The molecule has 0 saturated heterocycles. The molecule has 2 nitrogen and oxygen atoms in total. The molecule has 0 fully saturated rings. The smallest absolute Gasteiger partial charge is 0.167 e. The maximum atomic E-state index is 13.6. The second-order valence-electron chi connectivity index (χ2n) is 4.20. The lowest BCUT2D eigenvalue weighted by Crippen LogP contribution is -2.04. The third kappa shape index (κ3) is 3.30. The maximum absolute atomic E-state index is 13.6. The van der Waals surface area contributed by atoms with Crippen molar-refractivity contribution in [1.29, 1.82) is 0 Å². The van der Waals surface area contributed by atoms with Gasteiger partial charge in [0.2, 0.25) is 0 Å². The van der Waals surface area contributed by atoms with Crippen LogP contribution in [-0.2, 0) is 6.42 Å². The zero-order chi connectivity index (χ0) is 14.7. The number of methoxy groups -OCH3 is 1. The van der Waals surface area contributed by atoms with Crippen LogP contribution in [0.15, 0.2) is 36.4 Å². The average Bonchev–Trinajstić information content (AvgIpc) is 2.42. The Balaban J connectivity index is 2.19. The van der Waals surface area contributed by atoms with Gasteiger partial charge in [-0.15, -0.1) is 0 Å². The van der Waals surface area contributed by atoms with Gasteiger partial charge in [-0.2, -0.15) is 0 Å². The van der Waals surface area contributed by atoms with Crippen LogP contribution in [0.25, 0.3) is 0 Å². The van der Waals surface area contributed by atoms with Crippen LogP contribution in [0, 0.1) is 5.82 Å². The third-order valence-corrected chi connectivity index (χ3v) is 3.56. The van der Waals surface area contributed by atoms with Gasteiger partial charge in [-0.05, 0) is 35.9 Å². The summed E-state index contributed by atoms with van der Waals surface area (Å²) < 4.78 is 18.4. The van der Waals surface area contributed by atoms with Gasteiger partial charge in [-0.3, -0.25) is 4.79 Å². The monoisotopic (exact) mass is 312 g/mol. The van der Waals surface area contributed by atoms with Gasteiger partial charge in [-0.25, -0.2) is 4.39 Å². The van der Waals surface area contributed by atoms with Crippen LogP contribution in [0.2, 0.25) is 10.0 Å². The fourth-order valence-electron chi connectivity index (χ4n) is 1.78. The Labute approximate surface area is 126 Å². The fourth-order valence-corrected chi connectivity index (χ4v) is 2.10. The molecule has 0 aromatic heterocycles. The summed E-state index contributed by atoms with van der Waals surface area (Å²) in [6, 6.07) is 9.09. The number of rotatable bonds is 4. The second-order valence-corrected chi connectivity index (χ2v) is 5.01. The topological polar surface area (TPSA) is 26.3 Å². The lowest BCUT2D eigenvalue weighted by molar-refractivity contribution is 0.0992. The molecule has 0 saturated carbocycles. The van der Waals surface area contributed by atoms with Crippen LogP contribution in [0.3, 0.4) is 0 Å². The first-order chi connectivity index (χ1) is 9.51. The summed E-state index contributed by atoms with van der Waals surface area (Å²) in [5.74, 6) is -0.659. The van der Waals surface area contributed by atoms with E-state index in [2.05, 4.69) is 0 Å². The van der Waals surface area contributed by atoms with Gasteiger partial charge in [0.1, 0.15) is 0 Å². The molecular formula is C15H11Cl2FO2. The molecule has 0 aliphatic heterocycles. The van der Waals surface area contributed by atoms with E-state index in [1.807, 2.05) is 0 Å². The van der Waals surface area contributed by atoms with E-state index in [-0.39, 0.29) is 23.5 Å². The fraction of sp³-hybridized carbons (Fsp3) is 0.133. The molecule has 0 unspecified atom stereocenters. The Bertz CT molecular complexity index is 656. The van der Waals surface area contributed by atoms with Crippen molar-refractivity contribution in [3.05, 3.63) is 63.4 Å². The molecule has 0 amide bonds. The number of benzene rings is 2.